The average molecular weight is 543 g/mol. The van der Waals surface area contributed by atoms with Crippen molar-refractivity contribution in [1.29, 1.82) is 0 Å². The fourth-order valence-electron chi connectivity index (χ4n) is 4.19. The first-order valence-corrected chi connectivity index (χ1v) is 12.1. The minimum atomic E-state index is -0.239. The third-order valence-electron chi connectivity index (χ3n) is 5.88. The summed E-state index contributed by atoms with van der Waals surface area (Å²) in [5, 5.41) is 3.46. The molecule has 5 nitrogen and oxygen atoms in total. The largest absolute Gasteiger partial charge is 0.351 e. The minimum Gasteiger partial charge on any atom is -0.351 e. The highest BCUT2D eigenvalue weighted by molar-refractivity contribution is 6.40. The highest BCUT2D eigenvalue weighted by atomic mass is 35.5. The molecule has 1 saturated heterocycles. The molecule has 1 aliphatic heterocycles. The monoisotopic (exact) mass is 541 g/mol. The van der Waals surface area contributed by atoms with Crippen LogP contribution in [0.4, 0.5) is 10.1 Å². The van der Waals surface area contributed by atoms with Crippen LogP contribution in [0.1, 0.15) is 24.5 Å². The zero-order valence-electron chi connectivity index (χ0n) is 20.1. The highest BCUT2D eigenvalue weighted by Gasteiger charge is 2.34. The normalized spacial score (nSPS) is 18.1. The van der Waals surface area contributed by atoms with Gasteiger partial charge in [0, 0.05) is 31.6 Å². The number of nitrogens with zero attached hydrogens (tertiary/aromatic N) is 2. The number of anilines is 1. The molecule has 35 heavy (non-hydrogen) atoms. The number of hydrogen-bond donors (Lipinski definition) is 1. The summed E-state index contributed by atoms with van der Waals surface area (Å²) in [6, 6.07) is 10.1. The van der Waals surface area contributed by atoms with Crippen molar-refractivity contribution in [2.75, 3.05) is 38.6 Å². The van der Waals surface area contributed by atoms with E-state index in [0.717, 1.165) is 6.54 Å². The second-order valence-corrected chi connectivity index (χ2v) is 9.82. The molecule has 2 atom stereocenters. The van der Waals surface area contributed by atoms with E-state index in [4.69, 9.17) is 23.2 Å². The van der Waals surface area contributed by atoms with Crippen molar-refractivity contribution >= 4 is 59.2 Å². The Hall–Kier alpha value is -2.12. The van der Waals surface area contributed by atoms with Gasteiger partial charge in [-0.25, -0.2) is 4.39 Å². The maximum Gasteiger partial charge on any atom is 0.244 e. The van der Waals surface area contributed by atoms with Crippen LogP contribution in [0.25, 0.3) is 6.08 Å². The molecule has 9 heteroatoms. The number of hydrogen-bond acceptors (Lipinski definition) is 3. The molecule has 0 unspecified atom stereocenters. The predicted octanol–water partition coefficient (Wildman–Crippen LogP) is 5.48. The first kappa shape index (κ1) is 29.1. The molecule has 3 rings (SSSR count). The number of piperidine rings is 1. The lowest BCUT2D eigenvalue weighted by Crippen LogP contribution is -2.45. The molecule has 2 amide bonds. The number of halogens is 4. The van der Waals surface area contributed by atoms with Crippen LogP contribution in [0.5, 0.6) is 0 Å². The third kappa shape index (κ3) is 7.94. The van der Waals surface area contributed by atoms with Crippen LogP contribution in [0.3, 0.4) is 0 Å². The van der Waals surface area contributed by atoms with Gasteiger partial charge < -0.3 is 15.1 Å². The van der Waals surface area contributed by atoms with E-state index in [0.29, 0.717) is 52.8 Å². The van der Waals surface area contributed by atoms with Crippen molar-refractivity contribution in [2.24, 2.45) is 11.8 Å². The summed E-state index contributed by atoms with van der Waals surface area (Å²) in [5.74, 6) is -0.673. The molecule has 190 valence electrons. The zero-order chi connectivity index (χ0) is 24.8. The van der Waals surface area contributed by atoms with Crippen molar-refractivity contribution in [3.63, 3.8) is 0 Å². The minimum absolute atomic E-state index is 0. The lowest BCUT2D eigenvalue weighted by molar-refractivity contribution is -0.124. The summed E-state index contributed by atoms with van der Waals surface area (Å²) >= 11 is 13.1. The molecular formula is C26H31Cl3FN3O2. The van der Waals surface area contributed by atoms with Crippen molar-refractivity contribution in [1.82, 2.24) is 10.2 Å². The maximum atomic E-state index is 14.2. The Morgan fingerprint density at radius 3 is 2.51 bits per heavy atom. The zero-order valence-corrected chi connectivity index (χ0v) is 22.4. The van der Waals surface area contributed by atoms with Crippen LogP contribution in [0.2, 0.25) is 10.0 Å². The summed E-state index contributed by atoms with van der Waals surface area (Å²) in [4.78, 5) is 28.6. The van der Waals surface area contributed by atoms with Gasteiger partial charge in [0.15, 0.2) is 0 Å². The molecule has 0 radical (unpaired) electrons. The number of rotatable bonds is 8. The van der Waals surface area contributed by atoms with Crippen LogP contribution < -0.4 is 10.2 Å². The smallest absolute Gasteiger partial charge is 0.244 e. The Bertz CT molecular complexity index is 1050. The first-order chi connectivity index (χ1) is 16.2. The van der Waals surface area contributed by atoms with Gasteiger partial charge in [-0.3, -0.25) is 9.59 Å². The molecule has 1 heterocycles. The van der Waals surface area contributed by atoms with Crippen molar-refractivity contribution in [3.8, 4) is 0 Å². The van der Waals surface area contributed by atoms with Gasteiger partial charge in [-0.2, -0.15) is 0 Å². The number of carbonyl (C=O) groups excluding carboxylic acids is 2. The molecule has 2 aromatic rings. The van der Waals surface area contributed by atoms with E-state index in [-0.39, 0.29) is 41.9 Å². The fraction of sp³-hybridized carbons (Fsp3) is 0.385. The summed E-state index contributed by atoms with van der Waals surface area (Å²) in [7, 11) is 3.87. The van der Waals surface area contributed by atoms with Gasteiger partial charge in [0.25, 0.3) is 0 Å². The lowest BCUT2D eigenvalue weighted by atomic mass is 9.85. The van der Waals surface area contributed by atoms with Crippen LogP contribution >= 0.6 is 35.6 Å². The highest BCUT2D eigenvalue weighted by Crippen LogP contribution is 2.39. The van der Waals surface area contributed by atoms with Crippen LogP contribution in [-0.4, -0.2) is 50.4 Å². The molecule has 2 aromatic carbocycles. The van der Waals surface area contributed by atoms with Crippen LogP contribution in [0.15, 0.2) is 42.5 Å². The molecule has 1 aliphatic rings. The van der Waals surface area contributed by atoms with E-state index in [2.05, 4.69) is 5.32 Å². The molecule has 0 spiro atoms. The van der Waals surface area contributed by atoms with Gasteiger partial charge in [-0.1, -0.05) is 48.3 Å². The van der Waals surface area contributed by atoms with Gasteiger partial charge in [-0.05, 0) is 68.3 Å². The van der Waals surface area contributed by atoms with Crippen molar-refractivity contribution in [3.05, 3.63) is 69.5 Å². The number of benzene rings is 2. The van der Waals surface area contributed by atoms with Crippen molar-refractivity contribution in [2.45, 2.75) is 19.8 Å². The summed E-state index contributed by atoms with van der Waals surface area (Å²) in [6.07, 6.45) is 4.26. The number of amides is 2. The lowest BCUT2D eigenvalue weighted by Gasteiger charge is -2.37. The Balaban J connectivity index is 0.00000432. The topological polar surface area (TPSA) is 52.7 Å². The van der Waals surface area contributed by atoms with Crippen molar-refractivity contribution < 1.29 is 14.0 Å². The van der Waals surface area contributed by atoms with Gasteiger partial charge in [0.05, 0.1) is 15.7 Å². The first-order valence-electron chi connectivity index (χ1n) is 11.3. The quantitative estimate of drug-likeness (QED) is 0.450. The van der Waals surface area contributed by atoms with E-state index in [9.17, 15) is 14.0 Å². The summed E-state index contributed by atoms with van der Waals surface area (Å²) in [6.45, 7) is 3.56. The average Bonchev–Trinajstić information content (AvgIpc) is 2.76. The van der Waals surface area contributed by atoms with Gasteiger partial charge in [0.2, 0.25) is 11.8 Å². The Morgan fingerprint density at radius 1 is 1.23 bits per heavy atom. The molecular weight excluding hydrogens is 512 g/mol. The fourth-order valence-corrected chi connectivity index (χ4v) is 4.89. The second kappa shape index (κ2) is 13.3. The van der Waals surface area contributed by atoms with Gasteiger partial charge in [-0.15, -0.1) is 12.4 Å². The number of carbonyl (C=O) groups is 2. The maximum absolute atomic E-state index is 14.2. The Kier molecular flexibility index (Phi) is 11.0. The van der Waals surface area contributed by atoms with E-state index in [1.807, 2.05) is 32.0 Å². The second-order valence-electron chi connectivity index (χ2n) is 9.01. The third-order valence-corrected chi connectivity index (χ3v) is 6.45. The Morgan fingerprint density at radius 2 is 1.89 bits per heavy atom. The van der Waals surface area contributed by atoms with E-state index >= 15 is 0 Å². The van der Waals surface area contributed by atoms with E-state index in [1.54, 1.807) is 35.2 Å². The molecule has 0 bridgehead atoms. The van der Waals surface area contributed by atoms with E-state index < -0.39 is 0 Å². The standard InChI is InChI=1S/C26H30Cl2FN3O2.ClH/c1-17-12-19(13-20-6-4-5-7-23(20)29)16-32(26(17)34)25-21(27)14-18(15-22(25)28)8-9-24(33)30-10-11-31(2)3;/h4-9,14-15,17,19H,10-13,16H2,1-3H3,(H,30,33);1H/b9-8+;/t17-,19-;/m1./s1. The van der Waals surface area contributed by atoms with Gasteiger partial charge in [0.1, 0.15) is 5.82 Å². The van der Waals surface area contributed by atoms with E-state index in [1.165, 1.54) is 12.1 Å². The molecule has 1 fully saturated rings. The Labute approximate surface area is 222 Å². The number of nitrogens with one attached hydrogen (secondary N) is 1. The van der Waals surface area contributed by atoms with Gasteiger partial charge >= 0.3 is 0 Å². The summed E-state index contributed by atoms with van der Waals surface area (Å²) < 4.78 is 14.2. The SMILES string of the molecule is C[C@@H]1C[C@H](Cc2ccccc2F)CN(c2c(Cl)cc(/C=C/C(=O)NCCN(C)C)cc2Cl)C1=O.Cl. The summed E-state index contributed by atoms with van der Waals surface area (Å²) in [5.41, 5.74) is 1.74. The molecule has 0 aromatic heterocycles. The molecule has 0 saturated carbocycles. The predicted molar refractivity (Wildman–Crippen MR) is 144 cm³/mol. The molecule has 0 aliphatic carbocycles. The van der Waals surface area contributed by atoms with Crippen LogP contribution in [0, 0.1) is 17.7 Å². The number of likely N-dealkylation sites (N-methyl/N-ethyl adjacent to an activating group) is 1. The van der Waals surface area contributed by atoms with Crippen LogP contribution in [-0.2, 0) is 16.0 Å². The molecule has 1 N–H and O–H groups in total.